The highest BCUT2D eigenvalue weighted by atomic mass is 79.9. The van der Waals surface area contributed by atoms with Crippen LogP contribution in [0.5, 0.6) is 0 Å². The minimum absolute atomic E-state index is 0.138. The Morgan fingerprint density at radius 2 is 2.00 bits per heavy atom. The molecule has 5 heteroatoms. The van der Waals surface area contributed by atoms with Crippen LogP contribution in [0.3, 0.4) is 0 Å². The van der Waals surface area contributed by atoms with Gasteiger partial charge in [-0.1, -0.05) is 15.9 Å². The molecule has 17 heavy (non-hydrogen) atoms. The van der Waals surface area contributed by atoms with Crippen molar-refractivity contribution in [1.82, 2.24) is 10.3 Å². The van der Waals surface area contributed by atoms with Crippen LogP contribution in [0.15, 0.2) is 4.42 Å². The number of rotatable bonds is 2. The van der Waals surface area contributed by atoms with E-state index in [0.29, 0.717) is 22.2 Å². The molecule has 0 bridgehead atoms. The molecule has 0 aliphatic heterocycles. The van der Waals surface area contributed by atoms with E-state index in [1.165, 1.54) is 0 Å². The second kappa shape index (κ2) is 5.21. The van der Waals surface area contributed by atoms with Gasteiger partial charge in [-0.15, -0.1) is 0 Å². The van der Waals surface area contributed by atoms with Gasteiger partial charge in [0.15, 0.2) is 5.89 Å². The number of nitrogens with zero attached hydrogens (tertiary/aromatic N) is 1. The van der Waals surface area contributed by atoms with Crippen molar-refractivity contribution in [3.63, 3.8) is 0 Å². The average molecular weight is 301 g/mol. The van der Waals surface area contributed by atoms with Crippen LogP contribution in [-0.4, -0.2) is 21.8 Å². The zero-order valence-corrected chi connectivity index (χ0v) is 11.7. The molecule has 0 radical (unpaired) electrons. The fourth-order valence-electron chi connectivity index (χ4n) is 2.19. The third-order valence-corrected chi connectivity index (χ3v) is 4.02. The van der Waals surface area contributed by atoms with Crippen molar-refractivity contribution < 1.29 is 9.21 Å². The molecule has 1 saturated carbocycles. The summed E-state index contributed by atoms with van der Waals surface area (Å²) in [6, 6.07) is 0.265. The Morgan fingerprint density at radius 1 is 1.35 bits per heavy atom. The molecule has 1 heterocycles. The molecule has 0 spiro atoms. The van der Waals surface area contributed by atoms with E-state index in [4.69, 9.17) is 4.42 Å². The number of halogens is 1. The molecule has 1 N–H and O–H groups in total. The highest BCUT2D eigenvalue weighted by Crippen LogP contribution is 2.24. The number of amides is 1. The Kier molecular flexibility index (Phi) is 3.86. The lowest BCUT2D eigenvalue weighted by Gasteiger charge is -2.25. The molecule has 1 aromatic rings. The van der Waals surface area contributed by atoms with Crippen LogP contribution in [0.25, 0.3) is 0 Å². The summed E-state index contributed by atoms with van der Waals surface area (Å²) < 4.78 is 5.31. The Bertz CT molecular complexity index is 409. The molecule has 1 aliphatic carbocycles. The minimum atomic E-state index is -0.138. The standard InChI is InChI=1S/C12H17BrN2O2/c1-7-11(17-8(2)14-7)12(16)15-10-5-3-9(13)4-6-10/h9-10H,3-6H2,1-2H3,(H,15,16). The molecule has 1 fully saturated rings. The van der Waals surface area contributed by atoms with Gasteiger partial charge in [-0.2, -0.15) is 0 Å². The summed E-state index contributed by atoms with van der Waals surface area (Å²) in [7, 11) is 0. The molecule has 4 nitrogen and oxygen atoms in total. The van der Waals surface area contributed by atoms with Gasteiger partial charge >= 0.3 is 0 Å². The summed E-state index contributed by atoms with van der Waals surface area (Å²) in [6.45, 7) is 3.54. The van der Waals surface area contributed by atoms with Crippen molar-refractivity contribution in [3.8, 4) is 0 Å². The first kappa shape index (κ1) is 12.6. The lowest BCUT2D eigenvalue weighted by Crippen LogP contribution is -2.37. The van der Waals surface area contributed by atoms with E-state index < -0.39 is 0 Å². The SMILES string of the molecule is Cc1nc(C)c(C(=O)NC2CCC(Br)CC2)o1. The molecule has 0 atom stereocenters. The third kappa shape index (κ3) is 3.09. The van der Waals surface area contributed by atoms with Crippen molar-refractivity contribution in [3.05, 3.63) is 17.3 Å². The van der Waals surface area contributed by atoms with Crippen molar-refractivity contribution in [2.45, 2.75) is 50.4 Å². The first-order chi connectivity index (χ1) is 8.06. The first-order valence-corrected chi connectivity index (χ1v) is 6.87. The quantitative estimate of drug-likeness (QED) is 0.855. The van der Waals surface area contributed by atoms with Gasteiger partial charge in [0, 0.05) is 17.8 Å². The largest absolute Gasteiger partial charge is 0.436 e. The summed E-state index contributed by atoms with van der Waals surface area (Å²) >= 11 is 3.60. The monoisotopic (exact) mass is 300 g/mol. The molecular formula is C12H17BrN2O2. The Hall–Kier alpha value is -0.840. The molecule has 1 aliphatic rings. The highest BCUT2D eigenvalue weighted by molar-refractivity contribution is 9.09. The molecule has 0 saturated heterocycles. The second-order valence-electron chi connectivity index (χ2n) is 4.57. The predicted molar refractivity (Wildman–Crippen MR) is 68.4 cm³/mol. The van der Waals surface area contributed by atoms with E-state index in [1.807, 2.05) is 0 Å². The van der Waals surface area contributed by atoms with Gasteiger partial charge < -0.3 is 9.73 Å². The van der Waals surface area contributed by atoms with E-state index in [0.717, 1.165) is 25.7 Å². The number of alkyl halides is 1. The van der Waals surface area contributed by atoms with Crippen molar-refractivity contribution in [2.75, 3.05) is 0 Å². The van der Waals surface area contributed by atoms with Crippen LogP contribution < -0.4 is 5.32 Å². The summed E-state index contributed by atoms with van der Waals surface area (Å²) in [4.78, 5) is 16.7. The number of aromatic nitrogens is 1. The predicted octanol–water partition coefficient (Wildman–Crippen LogP) is 2.73. The number of carbonyl (C=O) groups is 1. The van der Waals surface area contributed by atoms with E-state index in [9.17, 15) is 4.79 Å². The fraction of sp³-hybridized carbons (Fsp3) is 0.667. The zero-order chi connectivity index (χ0) is 12.4. The molecule has 94 valence electrons. The number of hydrogen-bond acceptors (Lipinski definition) is 3. The van der Waals surface area contributed by atoms with Gasteiger partial charge in [0.1, 0.15) is 0 Å². The summed E-state index contributed by atoms with van der Waals surface area (Å²) in [5, 5.41) is 3.02. The summed E-state index contributed by atoms with van der Waals surface area (Å²) in [5.41, 5.74) is 0.661. The van der Waals surface area contributed by atoms with Crippen molar-refractivity contribution in [2.24, 2.45) is 0 Å². The number of nitrogens with one attached hydrogen (secondary N) is 1. The van der Waals surface area contributed by atoms with Crippen molar-refractivity contribution in [1.29, 1.82) is 0 Å². The molecular weight excluding hydrogens is 284 g/mol. The molecule has 0 unspecified atom stereocenters. The van der Waals surface area contributed by atoms with E-state index in [2.05, 4.69) is 26.2 Å². The van der Waals surface area contributed by atoms with Gasteiger partial charge in [-0.05, 0) is 32.6 Å². The summed E-state index contributed by atoms with van der Waals surface area (Å²) in [6.07, 6.45) is 4.26. The highest BCUT2D eigenvalue weighted by Gasteiger charge is 2.23. The maximum absolute atomic E-state index is 12.0. The van der Waals surface area contributed by atoms with Gasteiger partial charge in [0.05, 0.1) is 5.69 Å². The topological polar surface area (TPSA) is 55.1 Å². The smallest absolute Gasteiger partial charge is 0.289 e. The van der Waals surface area contributed by atoms with Gasteiger partial charge in [-0.3, -0.25) is 4.79 Å². The maximum atomic E-state index is 12.0. The van der Waals surface area contributed by atoms with Crippen LogP contribution in [0.2, 0.25) is 0 Å². The number of aryl methyl sites for hydroxylation is 2. The van der Waals surface area contributed by atoms with E-state index in [-0.39, 0.29) is 11.9 Å². The molecule has 1 amide bonds. The van der Waals surface area contributed by atoms with Crippen LogP contribution in [-0.2, 0) is 0 Å². The minimum Gasteiger partial charge on any atom is -0.436 e. The molecule has 2 rings (SSSR count). The molecule has 0 aromatic carbocycles. The van der Waals surface area contributed by atoms with Crippen LogP contribution in [0, 0.1) is 13.8 Å². The molecule has 1 aromatic heterocycles. The third-order valence-electron chi connectivity index (χ3n) is 3.10. The van der Waals surface area contributed by atoms with Crippen LogP contribution in [0.1, 0.15) is 47.8 Å². The lowest BCUT2D eigenvalue weighted by molar-refractivity contribution is 0.0898. The van der Waals surface area contributed by atoms with Crippen molar-refractivity contribution >= 4 is 21.8 Å². The van der Waals surface area contributed by atoms with Gasteiger partial charge in [0.25, 0.3) is 5.91 Å². The normalized spacial score (nSPS) is 24.6. The number of hydrogen-bond donors (Lipinski definition) is 1. The van der Waals surface area contributed by atoms with Crippen LogP contribution in [0.4, 0.5) is 0 Å². The zero-order valence-electron chi connectivity index (χ0n) is 10.1. The fourth-order valence-corrected chi connectivity index (χ4v) is 2.72. The first-order valence-electron chi connectivity index (χ1n) is 5.95. The van der Waals surface area contributed by atoms with E-state index >= 15 is 0 Å². The Balaban J connectivity index is 1.95. The van der Waals surface area contributed by atoms with Gasteiger partial charge in [-0.25, -0.2) is 4.98 Å². The maximum Gasteiger partial charge on any atom is 0.289 e. The average Bonchev–Trinajstić information content (AvgIpc) is 2.61. The Labute approximate surface area is 109 Å². The Morgan fingerprint density at radius 3 is 2.53 bits per heavy atom. The number of carbonyl (C=O) groups excluding carboxylic acids is 1. The van der Waals surface area contributed by atoms with E-state index in [1.54, 1.807) is 13.8 Å². The number of oxazole rings is 1. The summed E-state index contributed by atoms with van der Waals surface area (Å²) in [5.74, 6) is 0.751. The van der Waals surface area contributed by atoms with Crippen LogP contribution >= 0.6 is 15.9 Å². The van der Waals surface area contributed by atoms with Gasteiger partial charge in [0.2, 0.25) is 5.76 Å². The lowest BCUT2D eigenvalue weighted by atomic mass is 9.95. The second-order valence-corrected chi connectivity index (χ2v) is 5.86.